The van der Waals surface area contributed by atoms with Crippen molar-refractivity contribution in [1.82, 2.24) is 4.90 Å². The number of rotatable bonds is 2. The largest absolute Gasteiger partial charge is 0.496 e. The molecule has 0 radical (unpaired) electrons. The van der Waals surface area contributed by atoms with E-state index in [9.17, 15) is 0 Å². The summed E-state index contributed by atoms with van der Waals surface area (Å²) in [6, 6.07) is 8.69. The average molecular weight is 339 g/mol. The molecule has 3 heterocycles. The first-order chi connectivity index (χ1) is 12.3. The predicted octanol–water partition coefficient (Wildman–Crippen LogP) is 3.09. The maximum Gasteiger partial charge on any atom is 0.231 e. The molecule has 0 amide bonds. The second kappa shape index (κ2) is 5.56. The van der Waals surface area contributed by atoms with Crippen molar-refractivity contribution in [2.45, 2.75) is 25.4 Å². The van der Waals surface area contributed by atoms with Gasteiger partial charge < -0.3 is 18.9 Å². The van der Waals surface area contributed by atoms with E-state index >= 15 is 0 Å². The van der Waals surface area contributed by atoms with E-state index < -0.39 is 0 Å². The first-order valence-corrected chi connectivity index (χ1v) is 8.67. The minimum Gasteiger partial charge on any atom is -0.496 e. The third-order valence-electron chi connectivity index (χ3n) is 5.65. The lowest BCUT2D eigenvalue weighted by atomic mass is 9.83. The van der Waals surface area contributed by atoms with E-state index in [2.05, 4.69) is 17.0 Å². The van der Waals surface area contributed by atoms with Gasteiger partial charge in [0.15, 0.2) is 11.5 Å². The van der Waals surface area contributed by atoms with Crippen LogP contribution in [0.15, 0.2) is 24.3 Å². The topological polar surface area (TPSA) is 40.2 Å². The molecule has 1 unspecified atom stereocenters. The molecule has 3 aliphatic heterocycles. The molecule has 0 N–H and O–H groups in total. The Bertz CT molecular complexity index is 848. The lowest BCUT2D eigenvalue weighted by molar-refractivity contribution is 0.156. The molecule has 0 fully saturated rings. The molecule has 25 heavy (non-hydrogen) atoms. The summed E-state index contributed by atoms with van der Waals surface area (Å²) in [7, 11) is 3.47. The number of nitrogens with zero attached hydrogens (tertiary/aromatic N) is 1. The fraction of sp³-hybridized carbons (Fsp3) is 0.400. The van der Waals surface area contributed by atoms with Gasteiger partial charge in [-0.25, -0.2) is 0 Å². The number of methoxy groups -OCH3 is 2. The van der Waals surface area contributed by atoms with Gasteiger partial charge in [-0.15, -0.1) is 0 Å². The number of hydrogen-bond donors (Lipinski definition) is 0. The Labute approximate surface area is 147 Å². The van der Waals surface area contributed by atoms with Crippen molar-refractivity contribution in [3.63, 3.8) is 0 Å². The van der Waals surface area contributed by atoms with Gasteiger partial charge in [-0.2, -0.15) is 0 Å². The maximum absolute atomic E-state index is 5.64. The summed E-state index contributed by atoms with van der Waals surface area (Å²) in [6.45, 7) is 2.24. The second-order valence-corrected chi connectivity index (χ2v) is 6.77. The summed E-state index contributed by atoms with van der Waals surface area (Å²) >= 11 is 0. The van der Waals surface area contributed by atoms with Crippen molar-refractivity contribution in [3.8, 4) is 23.0 Å². The quantitative estimate of drug-likeness (QED) is 0.841. The van der Waals surface area contributed by atoms with Crippen LogP contribution in [0, 0.1) is 0 Å². The van der Waals surface area contributed by atoms with Crippen LogP contribution < -0.4 is 18.9 Å². The van der Waals surface area contributed by atoms with E-state index in [0.29, 0.717) is 12.8 Å². The zero-order valence-corrected chi connectivity index (χ0v) is 14.5. The molecule has 0 aromatic heterocycles. The molecule has 5 nitrogen and oxygen atoms in total. The van der Waals surface area contributed by atoms with Crippen LogP contribution in [0.4, 0.5) is 0 Å². The molecule has 2 aromatic rings. The Morgan fingerprint density at radius 1 is 1.00 bits per heavy atom. The first-order valence-electron chi connectivity index (χ1n) is 8.67. The molecule has 0 bridgehead atoms. The zero-order valence-electron chi connectivity index (χ0n) is 14.5. The summed E-state index contributed by atoms with van der Waals surface area (Å²) in [5.74, 6) is 3.64. The molecule has 5 heteroatoms. The SMILES string of the molecule is COc1ccc(OC)c2c1CC1c3cc4c(cc3CCN1C2)OCO4. The van der Waals surface area contributed by atoms with E-state index in [0.717, 1.165) is 48.9 Å². The van der Waals surface area contributed by atoms with Crippen LogP contribution in [0.25, 0.3) is 0 Å². The van der Waals surface area contributed by atoms with E-state index in [4.69, 9.17) is 18.9 Å². The molecule has 3 aliphatic rings. The van der Waals surface area contributed by atoms with Gasteiger partial charge >= 0.3 is 0 Å². The Kier molecular flexibility index (Phi) is 3.31. The fourth-order valence-electron chi connectivity index (χ4n) is 4.40. The summed E-state index contributed by atoms with van der Waals surface area (Å²) < 4.78 is 22.4. The molecule has 0 spiro atoms. The van der Waals surface area contributed by atoms with Crippen LogP contribution in [0.1, 0.15) is 28.3 Å². The Morgan fingerprint density at radius 3 is 2.48 bits per heavy atom. The molecular formula is C20H21NO4. The fourth-order valence-corrected chi connectivity index (χ4v) is 4.40. The smallest absolute Gasteiger partial charge is 0.231 e. The number of benzene rings is 2. The number of ether oxygens (including phenoxy) is 4. The highest BCUT2D eigenvalue weighted by molar-refractivity contribution is 5.54. The van der Waals surface area contributed by atoms with Gasteiger partial charge in [0.05, 0.1) is 14.2 Å². The minimum absolute atomic E-state index is 0.320. The van der Waals surface area contributed by atoms with Gasteiger partial charge in [0, 0.05) is 30.3 Å². The highest BCUT2D eigenvalue weighted by Gasteiger charge is 2.36. The van der Waals surface area contributed by atoms with Crippen molar-refractivity contribution in [3.05, 3.63) is 46.5 Å². The van der Waals surface area contributed by atoms with Crippen LogP contribution in [0.5, 0.6) is 23.0 Å². The van der Waals surface area contributed by atoms with Gasteiger partial charge in [0.2, 0.25) is 6.79 Å². The standard InChI is InChI=1S/C20H21NO4/c1-22-17-3-4-18(23-2)15-10-21-6-5-12-7-19-20(25-11-24-19)9-13(12)16(21)8-14(15)17/h3-4,7,9,16H,5-6,8,10-11H2,1-2H3. The molecule has 1 atom stereocenters. The second-order valence-electron chi connectivity index (χ2n) is 6.77. The average Bonchev–Trinajstić information content (AvgIpc) is 3.11. The molecule has 130 valence electrons. The summed E-state index contributed by atoms with van der Waals surface area (Å²) in [4.78, 5) is 2.54. The van der Waals surface area contributed by atoms with Crippen LogP contribution in [-0.4, -0.2) is 32.5 Å². The van der Waals surface area contributed by atoms with Crippen LogP contribution in [-0.2, 0) is 19.4 Å². The summed E-state index contributed by atoms with van der Waals surface area (Å²) in [6.07, 6.45) is 1.95. The molecule has 0 saturated heterocycles. The third kappa shape index (κ3) is 2.19. The molecule has 0 aliphatic carbocycles. The first kappa shape index (κ1) is 14.9. The summed E-state index contributed by atoms with van der Waals surface area (Å²) in [5.41, 5.74) is 5.23. The Morgan fingerprint density at radius 2 is 1.72 bits per heavy atom. The minimum atomic E-state index is 0.320. The molecule has 5 rings (SSSR count). The van der Waals surface area contributed by atoms with Gasteiger partial charge in [-0.3, -0.25) is 4.90 Å². The lowest BCUT2D eigenvalue weighted by Crippen LogP contribution is -2.39. The van der Waals surface area contributed by atoms with Gasteiger partial charge in [0.1, 0.15) is 11.5 Å². The normalized spacial score (nSPS) is 20.5. The molecule has 0 saturated carbocycles. The monoisotopic (exact) mass is 339 g/mol. The van der Waals surface area contributed by atoms with Gasteiger partial charge in [0.25, 0.3) is 0 Å². The number of fused-ring (bicyclic) bond motifs is 5. The van der Waals surface area contributed by atoms with Gasteiger partial charge in [-0.05, 0) is 48.2 Å². The van der Waals surface area contributed by atoms with E-state index in [-0.39, 0.29) is 0 Å². The van der Waals surface area contributed by atoms with Crippen molar-refractivity contribution in [1.29, 1.82) is 0 Å². The van der Waals surface area contributed by atoms with Crippen LogP contribution >= 0.6 is 0 Å². The lowest BCUT2D eigenvalue weighted by Gasteiger charge is -2.42. The van der Waals surface area contributed by atoms with Gasteiger partial charge in [-0.1, -0.05) is 0 Å². The Balaban J connectivity index is 1.60. The summed E-state index contributed by atoms with van der Waals surface area (Å²) in [5, 5.41) is 0. The highest BCUT2D eigenvalue weighted by Crippen LogP contribution is 2.46. The van der Waals surface area contributed by atoms with E-state index in [1.54, 1.807) is 14.2 Å². The zero-order chi connectivity index (χ0) is 17.0. The van der Waals surface area contributed by atoms with Crippen molar-refractivity contribution >= 4 is 0 Å². The Hall–Kier alpha value is -2.40. The van der Waals surface area contributed by atoms with Crippen LogP contribution in [0.2, 0.25) is 0 Å². The highest BCUT2D eigenvalue weighted by atomic mass is 16.7. The van der Waals surface area contributed by atoms with E-state index in [1.807, 2.05) is 12.1 Å². The van der Waals surface area contributed by atoms with Crippen LogP contribution in [0.3, 0.4) is 0 Å². The van der Waals surface area contributed by atoms with Crippen molar-refractivity contribution in [2.24, 2.45) is 0 Å². The van der Waals surface area contributed by atoms with Crippen molar-refractivity contribution < 1.29 is 18.9 Å². The van der Waals surface area contributed by atoms with Crippen molar-refractivity contribution in [2.75, 3.05) is 27.6 Å². The predicted molar refractivity (Wildman–Crippen MR) is 92.7 cm³/mol. The molecular weight excluding hydrogens is 318 g/mol. The third-order valence-corrected chi connectivity index (χ3v) is 5.65. The maximum atomic E-state index is 5.64. The number of hydrogen-bond acceptors (Lipinski definition) is 5. The van der Waals surface area contributed by atoms with E-state index in [1.165, 1.54) is 22.3 Å². The molecule has 2 aromatic carbocycles.